The van der Waals surface area contributed by atoms with Crippen LogP contribution in [0.4, 0.5) is 0 Å². The van der Waals surface area contributed by atoms with Gasteiger partial charge < -0.3 is 15.0 Å². The molecule has 0 unspecified atom stereocenters. The zero-order valence-electron chi connectivity index (χ0n) is 17.2. The minimum absolute atomic E-state index is 0.0746. The summed E-state index contributed by atoms with van der Waals surface area (Å²) in [6.45, 7) is 2.62. The molecule has 1 heterocycles. The normalized spacial score (nSPS) is 19.3. The molecule has 1 aliphatic heterocycles. The lowest BCUT2D eigenvalue weighted by Crippen LogP contribution is -2.53. The first-order valence-corrected chi connectivity index (χ1v) is 11.4. The fourth-order valence-corrected chi connectivity index (χ4v) is 5.44. The quantitative estimate of drug-likeness (QED) is 0.681. The lowest BCUT2D eigenvalue weighted by atomic mass is 9.97. The molecule has 2 aliphatic rings. The molecule has 1 aromatic rings. The van der Waals surface area contributed by atoms with Crippen molar-refractivity contribution >= 4 is 27.8 Å². The molecule has 1 saturated heterocycles. The Balaban J connectivity index is 1.70. The fourth-order valence-electron chi connectivity index (χ4n) is 4.01. The maximum Gasteiger partial charge on any atom is 0.331 e. The number of esters is 1. The molecule has 1 saturated carbocycles. The van der Waals surface area contributed by atoms with E-state index in [-0.39, 0.29) is 29.5 Å². The molecule has 9 nitrogen and oxygen atoms in total. The van der Waals surface area contributed by atoms with Crippen LogP contribution in [0.1, 0.15) is 43.0 Å². The average Bonchev–Trinajstić information content (AvgIpc) is 3.22. The van der Waals surface area contributed by atoms with Crippen LogP contribution >= 0.6 is 0 Å². The molecule has 1 N–H and O–H groups in total. The van der Waals surface area contributed by atoms with Crippen LogP contribution in [0.2, 0.25) is 0 Å². The fraction of sp³-hybridized carbons (Fsp3) is 0.550. The van der Waals surface area contributed by atoms with Gasteiger partial charge in [0.25, 0.3) is 5.91 Å². The molecule has 30 heavy (non-hydrogen) atoms. The lowest BCUT2D eigenvalue weighted by Gasteiger charge is -2.33. The molecule has 10 heteroatoms. The average molecular weight is 438 g/mol. The van der Waals surface area contributed by atoms with E-state index < -0.39 is 27.4 Å². The van der Waals surface area contributed by atoms with Gasteiger partial charge in [-0.15, -0.1) is 0 Å². The number of nitrogens with one attached hydrogen (secondary N) is 1. The van der Waals surface area contributed by atoms with E-state index in [1.54, 1.807) is 4.90 Å². The highest BCUT2D eigenvalue weighted by Gasteiger charge is 2.43. The zero-order valence-corrected chi connectivity index (χ0v) is 18.0. The van der Waals surface area contributed by atoms with Crippen LogP contribution in [0.5, 0.6) is 0 Å². The summed E-state index contributed by atoms with van der Waals surface area (Å²) in [5, 5.41) is 2.79. The minimum atomic E-state index is -3.72. The number of ether oxygens (including phenoxy) is 1. The molecule has 0 bridgehead atoms. The van der Waals surface area contributed by atoms with Gasteiger partial charge in [-0.2, -0.15) is 4.31 Å². The Bertz CT molecular complexity index is 914. The van der Waals surface area contributed by atoms with Crippen molar-refractivity contribution in [1.82, 2.24) is 14.5 Å². The van der Waals surface area contributed by atoms with Crippen molar-refractivity contribution in [2.24, 2.45) is 0 Å². The Labute approximate surface area is 176 Å². The number of carbonyl (C=O) groups excluding carboxylic acids is 3. The van der Waals surface area contributed by atoms with Gasteiger partial charge in [0, 0.05) is 38.7 Å². The predicted molar refractivity (Wildman–Crippen MR) is 108 cm³/mol. The highest BCUT2D eigenvalue weighted by atomic mass is 32.2. The number of methoxy groups -OCH3 is 1. The van der Waals surface area contributed by atoms with E-state index in [0.29, 0.717) is 25.9 Å². The second kappa shape index (κ2) is 8.73. The summed E-state index contributed by atoms with van der Waals surface area (Å²) in [6.07, 6.45) is 2.68. The summed E-state index contributed by atoms with van der Waals surface area (Å²) in [7, 11) is -2.42. The highest BCUT2D eigenvalue weighted by molar-refractivity contribution is 7.89. The van der Waals surface area contributed by atoms with Crippen molar-refractivity contribution in [2.75, 3.05) is 33.3 Å². The van der Waals surface area contributed by atoms with Crippen LogP contribution in [-0.2, 0) is 24.3 Å². The van der Waals surface area contributed by atoms with Gasteiger partial charge in [-0.3, -0.25) is 9.59 Å². The van der Waals surface area contributed by atoms with Crippen molar-refractivity contribution < 1.29 is 27.5 Å². The molecule has 1 aromatic carbocycles. The van der Waals surface area contributed by atoms with Crippen molar-refractivity contribution in [3.05, 3.63) is 29.8 Å². The first kappa shape index (κ1) is 22.2. The number of benzene rings is 1. The van der Waals surface area contributed by atoms with Gasteiger partial charge in [0.05, 0.1) is 12.0 Å². The molecule has 2 fully saturated rings. The van der Waals surface area contributed by atoms with E-state index in [2.05, 4.69) is 5.32 Å². The summed E-state index contributed by atoms with van der Waals surface area (Å²) >= 11 is 0. The maximum atomic E-state index is 12.9. The van der Waals surface area contributed by atoms with Gasteiger partial charge in [-0.25, -0.2) is 13.2 Å². The molecule has 0 radical (unpaired) electrons. The van der Waals surface area contributed by atoms with E-state index in [0.717, 1.165) is 12.8 Å². The molecule has 164 valence electrons. The van der Waals surface area contributed by atoms with E-state index in [4.69, 9.17) is 4.74 Å². The molecular weight excluding hydrogens is 410 g/mol. The number of hydrogen-bond acceptors (Lipinski definition) is 6. The highest BCUT2D eigenvalue weighted by Crippen LogP contribution is 2.31. The second-order valence-electron chi connectivity index (χ2n) is 7.67. The third kappa shape index (κ3) is 4.34. The number of hydrogen-bond donors (Lipinski definition) is 1. The smallest absolute Gasteiger partial charge is 0.331 e. The predicted octanol–water partition coefficient (Wildman–Crippen LogP) is 0.755. The third-order valence-corrected chi connectivity index (χ3v) is 7.74. The van der Waals surface area contributed by atoms with Crippen LogP contribution < -0.4 is 5.32 Å². The van der Waals surface area contributed by atoms with E-state index in [1.807, 2.05) is 0 Å². The summed E-state index contributed by atoms with van der Waals surface area (Å²) in [5.74, 6) is -0.979. The third-order valence-electron chi connectivity index (χ3n) is 5.82. The SMILES string of the molecule is COC(=O)C1(NC(=O)c2ccc(S(=O)(=O)N3CCN(C(C)=O)CC3)cc2)CCCC1. The zero-order chi connectivity index (χ0) is 21.9. The Morgan fingerprint density at radius 1 is 1.00 bits per heavy atom. The van der Waals surface area contributed by atoms with Crippen LogP contribution in [0.3, 0.4) is 0 Å². The molecule has 1 aliphatic carbocycles. The molecular formula is C20H27N3O6S. The number of nitrogens with zero attached hydrogens (tertiary/aromatic N) is 2. The first-order valence-electron chi connectivity index (χ1n) is 9.96. The Morgan fingerprint density at radius 3 is 2.07 bits per heavy atom. The Morgan fingerprint density at radius 2 is 1.57 bits per heavy atom. The molecule has 0 atom stereocenters. The van der Waals surface area contributed by atoms with Crippen molar-refractivity contribution in [2.45, 2.75) is 43.0 Å². The van der Waals surface area contributed by atoms with Crippen LogP contribution in [0.15, 0.2) is 29.2 Å². The largest absolute Gasteiger partial charge is 0.467 e. The molecule has 2 amide bonds. The second-order valence-corrected chi connectivity index (χ2v) is 9.61. The number of amides is 2. The summed E-state index contributed by atoms with van der Waals surface area (Å²) in [5.41, 5.74) is -0.752. The monoisotopic (exact) mass is 437 g/mol. The van der Waals surface area contributed by atoms with Gasteiger partial charge in [0.1, 0.15) is 5.54 Å². The van der Waals surface area contributed by atoms with Gasteiger partial charge in [-0.1, -0.05) is 12.8 Å². The number of piperazine rings is 1. The molecule has 0 aromatic heterocycles. The number of carbonyl (C=O) groups is 3. The number of sulfonamides is 1. The Kier molecular flexibility index (Phi) is 6.47. The van der Waals surface area contributed by atoms with Gasteiger partial charge in [0.15, 0.2) is 0 Å². The van der Waals surface area contributed by atoms with Crippen molar-refractivity contribution in [1.29, 1.82) is 0 Å². The molecule has 0 spiro atoms. The van der Waals surface area contributed by atoms with Crippen LogP contribution in [0.25, 0.3) is 0 Å². The van der Waals surface area contributed by atoms with Gasteiger partial charge >= 0.3 is 5.97 Å². The van der Waals surface area contributed by atoms with E-state index in [9.17, 15) is 22.8 Å². The van der Waals surface area contributed by atoms with Gasteiger partial charge in [0.2, 0.25) is 15.9 Å². The number of rotatable bonds is 5. The molecule has 3 rings (SSSR count). The summed E-state index contributed by atoms with van der Waals surface area (Å²) in [6, 6.07) is 5.66. The standard InChI is InChI=1S/C20H27N3O6S/c1-15(24)22-11-13-23(14-12-22)30(27,28)17-7-5-16(6-8-17)18(25)21-20(19(26)29-2)9-3-4-10-20/h5-8H,3-4,9-14H2,1-2H3,(H,21,25). The maximum absolute atomic E-state index is 12.9. The first-order chi connectivity index (χ1) is 14.2. The van der Waals surface area contributed by atoms with Crippen LogP contribution in [-0.4, -0.2) is 74.2 Å². The Hall–Kier alpha value is -2.46. The lowest BCUT2D eigenvalue weighted by molar-refractivity contribution is -0.148. The summed E-state index contributed by atoms with van der Waals surface area (Å²) in [4.78, 5) is 38.0. The van der Waals surface area contributed by atoms with E-state index in [1.165, 1.54) is 42.6 Å². The van der Waals surface area contributed by atoms with E-state index >= 15 is 0 Å². The minimum Gasteiger partial charge on any atom is -0.467 e. The van der Waals surface area contributed by atoms with Crippen molar-refractivity contribution in [3.8, 4) is 0 Å². The van der Waals surface area contributed by atoms with Crippen molar-refractivity contribution in [3.63, 3.8) is 0 Å². The van der Waals surface area contributed by atoms with Crippen LogP contribution in [0, 0.1) is 0 Å². The topological polar surface area (TPSA) is 113 Å². The summed E-state index contributed by atoms with van der Waals surface area (Å²) < 4.78 is 31.9. The van der Waals surface area contributed by atoms with Gasteiger partial charge in [-0.05, 0) is 37.1 Å².